The van der Waals surface area contributed by atoms with Crippen molar-refractivity contribution >= 4 is 0 Å². The van der Waals surface area contributed by atoms with Crippen LogP contribution < -0.4 is 11.1 Å². The largest absolute Gasteiger partial charge is 0.327 e. The SMILES string of the molecule is NC(CCc1ccccc1)CNCc1ccccc1. The molecular weight excluding hydrogens is 232 g/mol. The van der Waals surface area contributed by atoms with Crippen molar-refractivity contribution in [2.24, 2.45) is 5.73 Å². The zero-order valence-corrected chi connectivity index (χ0v) is 11.3. The lowest BCUT2D eigenvalue weighted by atomic mass is 10.1. The summed E-state index contributed by atoms with van der Waals surface area (Å²) in [5.41, 5.74) is 8.79. The van der Waals surface area contributed by atoms with Crippen molar-refractivity contribution in [1.29, 1.82) is 0 Å². The van der Waals surface area contributed by atoms with Gasteiger partial charge in [-0.2, -0.15) is 0 Å². The van der Waals surface area contributed by atoms with Gasteiger partial charge in [-0.3, -0.25) is 0 Å². The van der Waals surface area contributed by atoms with Crippen LogP contribution in [-0.4, -0.2) is 12.6 Å². The molecule has 0 radical (unpaired) electrons. The predicted octanol–water partition coefficient (Wildman–Crippen LogP) is 2.74. The molecule has 0 bridgehead atoms. The highest BCUT2D eigenvalue weighted by molar-refractivity contribution is 5.15. The molecule has 0 fully saturated rings. The number of hydrogen-bond donors (Lipinski definition) is 2. The van der Waals surface area contributed by atoms with Gasteiger partial charge in [-0.15, -0.1) is 0 Å². The van der Waals surface area contributed by atoms with Crippen LogP contribution in [0.5, 0.6) is 0 Å². The molecule has 0 saturated heterocycles. The molecule has 100 valence electrons. The van der Waals surface area contributed by atoms with Crippen LogP contribution in [0.1, 0.15) is 17.5 Å². The minimum absolute atomic E-state index is 0.212. The average molecular weight is 254 g/mol. The Morgan fingerprint density at radius 3 is 2.05 bits per heavy atom. The van der Waals surface area contributed by atoms with Crippen molar-refractivity contribution in [3.63, 3.8) is 0 Å². The van der Waals surface area contributed by atoms with Crippen LogP contribution in [-0.2, 0) is 13.0 Å². The first-order valence-corrected chi connectivity index (χ1v) is 6.89. The molecule has 0 aromatic heterocycles. The van der Waals surface area contributed by atoms with Crippen LogP contribution in [0.3, 0.4) is 0 Å². The van der Waals surface area contributed by atoms with Crippen molar-refractivity contribution in [3.05, 3.63) is 71.8 Å². The van der Waals surface area contributed by atoms with E-state index in [0.717, 1.165) is 25.9 Å². The molecule has 1 atom stereocenters. The maximum Gasteiger partial charge on any atom is 0.0206 e. The predicted molar refractivity (Wildman–Crippen MR) is 80.9 cm³/mol. The second-order valence-corrected chi connectivity index (χ2v) is 4.90. The molecule has 19 heavy (non-hydrogen) atoms. The third-order valence-electron chi connectivity index (χ3n) is 3.23. The summed E-state index contributed by atoms with van der Waals surface area (Å²) in [6, 6.07) is 21.1. The number of nitrogens with one attached hydrogen (secondary N) is 1. The minimum atomic E-state index is 0.212. The molecule has 0 amide bonds. The molecule has 2 nitrogen and oxygen atoms in total. The van der Waals surface area contributed by atoms with Crippen LogP contribution in [0.4, 0.5) is 0 Å². The molecule has 2 aromatic rings. The zero-order chi connectivity index (χ0) is 13.3. The number of hydrogen-bond acceptors (Lipinski definition) is 2. The van der Waals surface area contributed by atoms with E-state index in [1.54, 1.807) is 0 Å². The van der Waals surface area contributed by atoms with Crippen molar-refractivity contribution in [2.75, 3.05) is 6.54 Å². The van der Waals surface area contributed by atoms with Gasteiger partial charge >= 0.3 is 0 Å². The van der Waals surface area contributed by atoms with E-state index in [1.807, 2.05) is 12.1 Å². The normalized spacial score (nSPS) is 12.3. The van der Waals surface area contributed by atoms with E-state index in [0.29, 0.717) is 0 Å². The summed E-state index contributed by atoms with van der Waals surface area (Å²) < 4.78 is 0. The second kappa shape index (κ2) is 7.72. The summed E-state index contributed by atoms with van der Waals surface area (Å²) in [6.07, 6.45) is 2.07. The van der Waals surface area contributed by atoms with E-state index in [4.69, 9.17) is 5.73 Å². The van der Waals surface area contributed by atoms with Crippen LogP contribution in [0.25, 0.3) is 0 Å². The third kappa shape index (κ3) is 5.25. The highest BCUT2D eigenvalue weighted by atomic mass is 14.9. The molecule has 2 aromatic carbocycles. The molecule has 0 saturated carbocycles. The van der Waals surface area contributed by atoms with Gasteiger partial charge in [0.2, 0.25) is 0 Å². The van der Waals surface area contributed by atoms with Gasteiger partial charge in [0.1, 0.15) is 0 Å². The fourth-order valence-corrected chi connectivity index (χ4v) is 2.10. The minimum Gasteiger partial charge on any atom is -0.327 e. The van der Waals surface area contributed by atoms with E-state index in [9.17, 15) is 0 Å². The summed E-state index contributed by atoms with van der Waals surface area (Å²) in [5, 5.41) is 3.41. The second-order valence-electron chi connectivity index (χ2n) is 4.90. The quantitative estimate of drug-likeness (QED) is 0.797. The monoisotopic (exact) mass is 254 g/mol. The van der Waals surface area contributed by atoms with Crippen molar-refractivity contribution < 1.29 is 0 Å². The lowest BCUT2D eigenvalue weighted by molar-refractivity contribution is 0.544. The Balaban J connectivity index is 1.64. The van der Waals surface area contributed by atoms with Crippen molar-refractivity contribution in [1.82, 2.24) is 5.32 Å². The van der Waals surface area contributed by atoms with E-state index in [-0.39, 0.29) is 6.04 Å². The molecule has 3 N–H and O–H groups in total. The summed E-state index contributed by atoms with van der Waals surface area (Å²) in [7, 11) is 0. The Hall–Kier alpha value is -1.64. The molecule has 0 aliphatic heterocycles. The fraction of sp³-hybridized carbons (Fsp3) is 0.294. The Morgan fingerprint density at radius 1 is 0.842 bits per heavy atom. The van der Waals surface area contributed by atoms with Gasteiger partial charge in [-0.1, -0.05) is 60.7 Å². The molecule has 0 heterocycles. The average Bonchev–Trinajstić information content (AvgIpc) is 2.47. The lowest BCUT2D eigenvalue weighted by Gasteiger charge is -2.12. The molecule has 2 heteroatoms. The van der Waals surface area contributed by atoms with Crippen molar-refractivity contribution in [3.8, 4) is 0 Å². The molecule has 2 rings (SSSR count). The highest BCUT2D eigenvalue weighted by Crippen LogP contribution is 2.04. The van der Waals surface area contributed by atoms with Crippen LogP contribution in [0.2, 0.25) is 0 Å². The molecule has 0 aliphatic carbocycles. The summed E-state index contributed by atoms with van der Waals surface area (Å²) in [6.45, 7) is 1.75. The highest BCUT2D eigenvalue weighted by Gasteiger charge is 2.02. The summed E-state index contributed by atoms with van der Waals surface area (Å²) in [5.74, 6) is 0. The number of benzene rings is 2. The first-order chi connectivity index (χ1) is 9.34. The van der Waals surface area contributed by atoms with Crippen LogP contribution >= 0.6 is 0 Å². The zero-order valence-electron chi connectivity index (χ0n) is 11.3. The maximum atomic E-state index is 6.12. The number of rotatable bonds is 7. The third-order valence-corrected chi connectivity index (χ3v) is 3.23. The van der Waals surface area contributed by atoms with Gasteiger partial charge in [0.15, 0.2) is 0 Å². The van der Waals surface area contributed by atoms with Crippen LogP contribution in [0, 0.1) is 0 Å². The molecular formula is C17H22N2. The van der Waals surface area contributed by atoms with Gasteiger partial charge in [-0.25, -0.2) is 0 Å². The number of nitrogens with two attached hydrogens (primary N) is 1. The number of aryl methyl sites for hydroxylation is 1. The van der Waals surface area contributed by atoms with E-state index in [2.05, 4.69) is 53.8 Å². The molecule has 0 aliphatic rings. The Labute approximate surface area is 115 Å². The van der Waals surface area contributed by atoms with Gasteiger partial charge in [0, 0.05) is 19.1 Å². The topological polar surface area (TPSA) is 38.0 Å². The molecule has 1 unspecified atom stereocenters. The Kier molecular flexibility index (Phi) is 5.60. The first kappa shape index (κ1) is 13.8. The van der Waals surface area contributed by atoms with E-state index >= 15 is 0 Å². The van der Waals surface area contributed by atoms with E-state index < -0.39 is 0 Å². The Morgan fingerprint density at radius 2 is 1.42 bits per heavy atom. The lowest BCUT2D eigenvalue weighted by Crippen LogP contribution is -2.33. The van der Waals surface area contributed by atoms with Crippen molar-refractivity contribution in [2.45, 2.75) is 25.4 Å². The summed E-state index contributed by atoms with van der Waals surface area (Å²) >= 11 is 0. The smallest absolute Gasteiger partial charge is 0.0206 e. The van der Waals surface area contributed by atoms with Gasteiger partial charge in [-0.05, 0) is 24.0 Å². The van der Waals surface area contributed by atoms with Gasteiger partial charge in [0.05, 0.1) is 0 Å². The molecule has 0 spiro atoms. The van der Waals surface area contributed by atoms with E-state index in [1.165, 1.54) is 11.1 Å². The summed E-state index contributed by atoms with van der Waals surface area (Å²) in [4.78, 5) is 0. The Bertz CT molecular complexity index is 453. The van der Waals surface area contributed by atoms with Gasteiger partial charge < -0.3 is 11.1 Å². The standard InChI is InChI=1S/C17H22N2/c18-17(12-11-15-7-3-1-4-8-15)14-19-13-16-9-5-2-6-10-16/h1-10,17,19H,11-14,18H2. The first-order valence-electron chi connectivity index (χ1n) is 6.89. The maximum absolute atomic E-state index is 6.12. The fourth-order valence-electron chi connectivity index (χ4n) is 2.10. The van der Waals surface area contributed by atoms with Crippen LogP contribution in [0.15, 0.2) is 60.7 Å². The van der Waals surface area contributed by atoms with Gasteiger partial charge in [0.25, 0.3) is 0 Å².